The molecule has 6 nitrogen and oxygen atoms in total. The minimum Gasteiger partial charge on any atom is -0.494 e. The molecule has 34 heavy (non-hydrogen) atoms. The number of hydrogen-bond acceptors (Lipinski definition) is 4. The van der Waals surface area contributed by atoms with Crippen molar-refractivity contribution >= 4 is 11.7 Å². The van der Waals surface area contributed by atoms with Gasteiger partial charge in [-0.15, -0.1) is 0 Å². The standard InChI is InChI=1S/C24H30F4N4O2/c1-34-22-8-7-18(15-21(22)25)17-30-23(33)29-9-2-3-10-31-11-13-32(14-12-31)20-6-4-5-19(16-20)24(26,27)28/h4-8,15-16H,2-3,9-14,17H2,1H3,(H2,29,30,33). The van der Waals surface area contributed by atoms with Crippen molar-refractivity contribution in [3.05, 3.63) is 59.4 Å². The van der Waals surface area contributed by atoms with Gasteiger partial charge in [-0.2, -0.15) is 13.2 Å². The summed E-state index contributed by atoms with van der Waals surface area (Å²) >= 11 is 0. The number of methoxy groups -OCH3 is 1. The van der Waals surface area contributed by atoms with Gasteiger partial charge in [-0.05, 0) is 55.3 Å². The van der Waals surface area contributed by atoms with E-state index in [9.17, 15) is 22.4 Å². The Kier molecular flexibility index (Phi) is 8.98. The summed E-state index contributed by atoms with van der Waals surface area (Å²) < 4.78 is 57.4. The lowest BCUT2D eigenvalue weighted by Crippen LogP contribution is -2.46. The van der Waals surface area contributed by atoms with E-state index in [1.165, 1.54) is 31.4 Å². The third-order valence-electron chi connectivity index (χ3n) is 5.77. The molecular weight excluding hydrogens is 452 g/mol. The normalized spacial score (nSPS) is 14.7. The van der Waals surface area contributed by atoms with Gasteiger partial charge in [-0.3, -0.25) is 4.90 Å². The molecule has 0 spiro atoms. The molecule has 0 bridgehead atoms. The lowest BCUT2D eigenvalue weighted by atomic mass is 10.1. The second-order valence-corrected chi connectivity index (χ2v) is 8.16. The van der Waals surface area contributed by atoms with Crippen molar-refractivity contribution in [2.24, 2.45) is 0 Å². The number of halogens is 4. The van der Waals surface area contributed by atoms with Crippen LogP contribution in [0, 0.1) is 5.82 Å². The Morgan fingerprint density at radius 2 is 1.79 bits per heavy atom. The number of unbranched alkanes of at least 4 members (excludes halogenated alkanes) is 1. The van der Waals surface area contributed by atoms with Crippen molar-refractivity contribution in [2.75, 3.05) is 51.3 Å². The highest BCUT2D eigenvalue weighted by atomic mass is 19.4. The van der Waals surface area contributed by atoms with Gasteiger partial charge in [0.1, 0.15) is 0 Å². The van der Waals surface area contributed by atoms with Crippen molar-refractivity contribution in [3.63, 3.8) is 0 Å². The molecule has 2 aromatic rings. The summed E-state index contributed by atoms with van der Waals surface area (Å²) in [7, 11) is 1.39. The van der Waals surface area contributed by atoms with Gasteiger partial charge in [0.05, 0.1) is 12.7 Å². The highest BCUT2D eigenvalue weighted by Crippen LogP contribution is 2.31. The number of carbonyl (C=O) groups excluding carboxylic acids is 1. The number of nitrogens with one attached hydrogen (secondary N) is 2. The Bertz CT molecular complexity index is 947. The highest BCUT2D eigenvalue weighted by Gasteiger charge is 2.31. The van der Waals surface area contributed by atoms with E-state index >= 15 is 0 Å². The van der Waals surface area contributed by atoms with Crippen LogP contribution < -0.4 is 20.3 Å². The van der Waals surface area contributed by atoms with Crippen LogP contribution in [0.2, 0.25) is 0 Å². The zero-order valence-electron chi connectivity index (χ0n) is 19.1. The quantitative estimate of drug-likeness (QED) is 0.415. The summed E-state index contributed by atoms with van der Waals surface area (Å²) in [4.78, 5) is 16.2. The molecule has 1 aliphatic rings. The highest BCUT2D eigenvalue weighted by molar-refractivity contribution is 5.73. The third-order valence-corrected chi connectivity index (χ3v) is 5.77. The van der Waals surface area contributed by atoms with Crippen molar-refractivity contribution in [2.45, 2.75) is 25.6 Å². The molecule has 2 aromatic carbocycles. The molecule has 2 N–H and O–H groups in total. The Hall–Kier alpha value is -3.01. The van der Waals surface area contributed by atoms with Crippen LogP contribution in [0.15, 0.2) is 42.5 Å². The van der Waals surface area contributed by atoms with E-state index in [0.717, 1.165) is 38.5 Å². The number of alkyl halides is 3. The Morgan fingerprint density at radius 3 is 2.47 bits per heavy atom. The number of nitrogens with zero attached hydrogens (tertiary/aromatic N) is 2. The molecular formula is C24H30F4N4O2. The first-order chi connectivity index (χ1) is 16.3. The molecule has 10 heteroatoms. The number of urea groups is 1. The van der Waals surface area contributed by atoms with Crippen molar-refractivity contribution in [3.8, 4) is 5.75 Å². The Morgan fingerprint density at radius 1 is 1.03 bits per heavy atom. The molecule has 1 aliphatic heterocycles. The first-order valence-corrected chi connectivity index (χ1v) is 11.2. The second-order valence-electron chi connectivity index (χ2n) is 8.16. The van der Waals surface area contributed by atoms with Gasteiger partial charge in [-0.25, -0.2) is 9.18 Å². The number of anilines is 1. The number of hydrogen-bond donors (Lipinski definition) is 2. The maximum atomic E-state index is 13.7. The first kappa shape index (κ1) is 25.6. The maximum Gasteiger partial charge on any atom is 0.416 e. The fraction of sp³-hybridized carbons (Fsp3) is 0.458. The minimum atomic E-state index is -4.34. The third kappa shape index (κ3) is 7.51. The molecule has 0 saturated carbocycles. The van der Waals surface area contributed by atoms with Crippen LogP contribution in [0.25, 0.3) is 0 Å². The monoisotopic (exact) mass is 482 g/mol. The van der Waals surface area contributed by atoms with E-state index in [-0.39, 0.29) is 18.3 Å². The first-order valence-electron chi connectivity index (χ1n) is 11.2. The number of carbonyl (C=O) groups is 1. The van der Waals surface area contributed by atoms with Crippen molar-refractivity contribution in [1.82, 2.24) is 15.5 Å². The van der Waals surface area contributed by atoms with Crippen molar-refractivity contribution < 1.29 is 27.1 Å². The van der Waals surface area contributed by atoms with E-state index in [1.807, 2.05) is 4.90 Å². The molecule has 1 heterocycles. The van der Waals surface area contributed by atoms with E-state index in [2.05, 4.69) is 15.5 Å². The van der Waals surface area contributed by atoms with Gasteiger partial charge in [0, 0.05) is 45.0 Å². The number of benzene rings is 2. The van der Waals surface area contributed by atoms with E-state index in [0.29, 0.717) is 30.9 Å². The smallest absolute Gasteiger partial charge is 0.416 e. The molecule has 0 aromatic heterocycles. The van der Waals surface area contributed by atoms with Gasteiger partial charge in [-0.1, -0.05) is 12.1 Å². The molecule has 0 atom stereocenters. The maximum absolute atomic E-state index is 13.7. The fourth-order valence-electron chi connectivity index (χ4n) is 3.84. The topological polar surface area (TPSA) is 56.8 Å². The summed E-state index contributed by atoms with van der Waals surface area (Å²) in [5.41, 5.74) is 0.611. The van der Waals surface area contributed by atoms with Gasteiger partial charge >= 0.3 is 12.2 Å². The largest absolute Gasteiger partial charge is 0.494 e. The zero-order chi connectivity index (χ0) is 24.6. The molecule has 0 aliphatic carbocycles. The SMILES string of the molecule is COc1ccc(CNC(=O)NCCCCN2CCN(c3cccc(C(F)(F)F)c3)CC2)cc1F. The van der Waals surface area contributed by atoms with Gasteiger partial charge in [0.2, 0.25) is 0 Å². The average molecular weight is 483 g/mol. The summed E-state index contributed by atoms with van der Waals surface area (Å²) in [6.07, 6.45) is -2.64. The lowest BCUT2D eigenvalue weighted by molar-refractivity contribution is -0.137. The summed E-state index contributed by atoms with van der Waals surface area (Å²) in [6.45, 7) is 4.51. The van der Waals surface area contributed by atoms with Gasteiger partial charge in [0.25, 0.3) is 0 Å². The molecule has 186 valence electrons. The van der Waals surface area contributed by atoms with Crippen LogP contribution in [0.1, 0.15) is 24.0 Å². The Labute approximate surface area is 196 Å². The van der Waals surface area contributed by atoms with Crippen LogP contribution >= 0.6 is 0 Å². The number of ether oxygens (including phenoxy) is 1. The molecule has 1 saturated heterocycles. The molecule has 0 radical (unpaired) electrons. The minimum absolute atomic E-state index is 0.158. The van der Waals surface area contributed by atoms with Crippen LogP contribution in [-0.4, -0.2) is 57.3 Å². The molecule has 0 unspecified atom stereocenters. The van der Waals surface area contributed by atoms with Crippen LogP contribution in [0.5, 0.6) is 5.75 Å². The Balaban J connectivity index is 1.28. The van der Waals surface area contributed by atoms with E-state index in [1.54, 1.807) is 12.1 Å². The second kappa shape index (κ2) is 11.9. The number of piperazine rings is 1. The van der Waals surface area contributed by atoms with Crippen LogP contribution in [0.4, 0.5) is 28.0 Å². The van der Waals surface area contributed by atoms with Crippen LogP contribution in [0.3, 0.4) is 0 Å². The lowest BCUT2D eigenvalue weighted by Gasteiger charge is -2.36. The summed E-state index contributed by atoms with van der Waals surface area (Å²) in [6, 6.07) is 9.68. The van der Waals surface area contributed by atoms with E-state index in [4.69, 9.17) is 4.74 Å². The average Bonchev–Trinajstić information content (AvgIpc) is 2.82. The fourth-order valence-corrected chi connectivity index (χ4v) is 3.84. The molecule has 1 fully saturated rings. The van der Waals surface area contributed by atoms with Gasteiger partial charge < -0.3 is 20.3 Å². The predicted molar refractivity (Wildman–Crippen MR) is 123 cm³/mol. The number of amides is 2. The van der Waals surface area contributed by atoms with Crippen LogP contribution in [-0.2, 0) is 12.7 Å². The summed E-state index contributed by atoms with van der Waals surface area (Å²) in [5, 5.41) is 5.48. The predicted octanol–water partition coefficient (Wildman–Crippen LogP) is 4.25. The molecule has 3 rings (SSSR count). The van der Waals surface area contributed by atoms with Crippen molar-refractivity contribution in [1.29, 1.82) is 0 Å². The van der Waals surface area contributed by atoms with Gasteiger partial charge in [0.15, 0.2) is 11.6 Å². The summed E-state index contributed by atoms with van der Waals surface area (Å²) in [5.74, 6) is -0.317. The zero-order valence-corrected chi connectivity index (χ0v) is 19.1. The molecule has 2 amide bonds. The number of rotatable bonds is 9. The van der Waals surface area contributed by atoms with E-state index < -0.39 is 17.6 Å².